The Kier molecular flexibility index (Phi) is 5.86. The van der Waals surface area contributed by atoms with Crippen molar-refractivity contribution >= 4 is 11.6 Å². The topological polar surface area (TPSA) is 26.0 Å². The molecule has 0 aliphatic rings. The third-order valence-corrected chi connectivity index (χ3v) is 3.10. The third kappa shape index (κ3) is 4.25. The molecule has 0 aromatic heterocycles. The molecule has 0 amide bonds. The van der Waals surface area contributed by atoms with Gasteiger partial charge in [0.05, 0.1) is 5.02 Å². The lowest BCUT2D eigenvalue weighted by molar-refractivity contribution is 0.523. The molecule has 17 heavy (non-hydrogen) atoms. The molecule has 0 bridgehead atoms. The highest BCUT2D eigenvalue weighted by molar-refractivity contribution is 6.30. The predicted octanol–water partition coefficient (Wildman–Crippen LogP) is 4.59. The lowest BCUT2D eigenvalue weighted by Gasteiger charge is -2.13. The number of rotatable bonds is 6. The molecule has 0 saturated carbocycles. The van der Waals surface area contributed by atoms with Crippen LogP contribution in [0.2, 0.25) is 5.02 Å². The molecule has 0 saturated heterocycles. The molecule has 4 heteroatoms. The average Bonchev–Trinajstić information content (AvgIpc) is 2.29. The summed E-state index contributed by atoms with van der Waals surface area (Å²) in [5.74, 6) is -1.15. The van der Waals surface area contributed by atoms with E-state index in [9.17, 15) is 8.78 Å². The summed E-state index contributed by atoms with van der Waals surface area (Å²) in [5, 5.41) is -0.204. The normalized spacial score (nSPS) is 12.8. The van der Waals surface area contributed by atoms with Crippen LogP contribution < -0.4 is 5.73 Å². The first kappa shape index (κ1) is 14.4. The molecule has 1 nitrogen and oxygen atoms in total. The number of hydrogen-bond donors (Lipinski definition) is 1. The van der Waals surface area contributed by atoms with E-state index in [2.05, 4.69) is 6.92 Å². The Morgan fingerprint density at radius 3 is 2.53 bits per heavy atom. The highest BCUT2D eigenvalue weighted by Crippen LogP contribution is 2.25. The molecule has 1 aromatic rings. The van der Waals surface area contributed by atoms with Crippen molar-refractivity contribution < 1.29 is 8.78 Å². The van der Waals surface area contributed by atoms with Gasteiger partial charge in [-0.3, -0.25) is 0 Å². The minimum atomic E-state index is -0.618. The Bertz CT molecular complexity index is 369. The Morgan fingerprint density at radius 1 is 1.18 bits per heavy atom. The van der Waals surface area contributed by atoms with Crippen molar-refractivity contribution in [1.82, 2.24) is 0 Å². The minimum absolute atomic E-state index is 0.204. The summed E-state index contributed by atoms with van der Waals surface area (Å²) in [6.07, 6.45) is 4.95. The molecule has 0 aliphatic carbocycles. The van der Waals surface area contributed by atoms with Crippen LogP contribution in [0.3, 0.4) is 0 Å². The summed E-state index contributed by atoms with van der Waals surface area (Å²) in [4.78, 5) is 0. The first-order valence-corrected chi connectivity index (χ1v) is 6.34. The Morgan fingerprint density at radius 2 is 1.88 bits per heavy atom. The van der Waals surface area contributed by atoms with E-state index in [1.54, 1.807) is 0 Å². The minimum Gasteiger partial charge on any atom is -0.324 e. The van der Waals surface area contributed by atoms with Crippen LogP contribution in [0.25, 0.3) is 0 Å². The van der Waals surface area contributed by atoms with Gasteiger partial charge in [-0.15, -0.1) is 0 Å². The zero-order valence-corrected chi connectivity index (χ0v) is 10.7. The number of nitrogens with two attached hydrogens (primary N) is 1. The van der Waals surface area contributed by atoms with Gasteiger partial charge in [-0.1, -0.05) is 44.2 Å². The maximum Gasteiger partial charge on any atom is 0.142 e. The Labute approximate surface area is 106 Å². The highest BCUT2D eigenvalue weighted by atomic mass is 35.5. The van der Waals surface area contributed by atoms with Crippen LogP contribution in [-0.2, 0) is 0 Å². The van der Waals surface area contributed by atoms with Crippen LogP contribution in [0.5, 0.6) is 0 Å². The second-order valence-corrected chi connectivity index (χ2v) is 4.65. The van der Waals surface area contributed by atoms with E-state index in [0.717, 1.165) is 37.8 Å². The summed E-state index contributed by atoms with van der Waals surface area (Å²) in [5.41, 5.74) is 6.06. The molecule has 0 spiro atoms. The van der Waals surface area contributed by atoms with Crippen molar-refractivity contribution in [3.63, 3.8) is 0 Å². The standard InChI is InChI=1S/C13H18ClF2N/c1-2-3-4-5-6-13(17)9-7-12(16)10(14)8-11(9)15/h7-8,13H,2-6,17H2,1H3. The molecule has 0 radical (unpaired) electrons. The highest BCUT2D eigenvalue weighted by Gasteiger charge is 2.14. The second-order valence-electron chi connectivity index (χ2n) is 4.24. The van der Waals surface area contributed by atoms with Crippen molar-refractivity contribution in [2.75, 3.05) is 0 Å². The van der Waals surface area contributed by atoms with E-state index in [0.29, 0.717) is 6.42 Å². The lowest BCUT2D eigenvalue weighted by atomic mass is 10.0. The lowest BCUT2D eigenvalue weighted by Crippen LogP contribution is -2.12. The average molecular weight is 262 g/mol. The quantitative estimate of drug-likeness (QED) is 0.588. The van der Waals surface area contributed by atoms with E-state index in [1.165, 1.54) is 0 Å². The van der Waals surface area contributed by atoms with Gasteiger partial charge in [-0.2, -0.15) is 0 Å². The summed E-state index contributed by atoms with van der Waals surface area (Å²) in [7, 11) is 0. The van der Waals surface area contributed by atoms with Crippen molar-refractivity contribution in [3.05, 3.63) is 34.4 Å². The maximum absolute atomic E-state index is 13.5. The van der Waals surface area contributed by atoms with Crippen molar-refractivity contribution in [1.29, 1.82) is 0 Å². The van der Waals surface area contributed by atoms with Gasteiger partial charge in [0.2, 0.25) is 0 Å². The second kappa shape index (κ2) is 6.92. The van der Waals surface area contributed by atoms with E-state index >= 15 is 0 Å². The van der Waals surface area contributed by atoms with Crippen molar-refractivity contribution in [3.8, 4) is 0 Å². The number of hydrogen-bond acceptors (Lipinski definition) is 1. The van der Waals surface area contributed by atoms with Gasteiger partial charge in [0.1, 0.15) is 11.6 Å². The molecule has 0 fully saturated rings. The number of benzene rings is 1. The molecular weight excluding hydrogens is 244 g/mol. The molecule has 2 N–H and O–H groups in total. The molecule has 0 heterocycles. The molecule has 1 atom stereocenters. The van der Waals surface area contributed by atoms with Crippen LogP contribution in [-0.4, -0.2) is 0 Å². The smallest absolute Gasteiger partial charge is 0.142 e. The Hall–Kier alpha value is -0.670. The van der Waals surface area contributed by atoms with Crippen LogP contribution in [0.15, 0.2) is 12.1 Å². The SMILES string of the molecule is CCCCCCC(N)c1cc(F)c(Cl)cc1F. The summed E-state index contributed by atoms with van der Waals surface area (Å²) >= 11 is 5.48. The Balaban J connectivity index is 2.62. The fourth-order valence-corrected chi connectivity index (χ4v) is 1.92. The van der Waals surface area contributed by atoms with E-state index in [1.807, 2.05) is 0 Å². The van der Waals surface area contributed by atoms with Crippen molar-refractivity contribution in [2.45, 2.75) is 45.1 Å². The van der Waals surface area contributed by atoms with Crippen LogP contribution in [0.1, 0.15) is 50.6 Å². The fourth-order valence-electron chi connectivity index (χ4n) is 1.77. The first-order valence-electron chi connectivity index (χ1n) is 5.96. The van der Waals surface area contributed by atoms with Crippen LogP contribution >= 0.6 is 11.6 Å². The van der Waals surface area contributed by atoms with Gasteiger partial charge in [-0.25, -0.2) is 8.78 Å². The number of unbranched alkanes of at least 4 members (excludes halogenated alkanes) is 3. The van der Waals surface area contributed by atoms with Crippen LogP contribution in [0.4, 0.5) is 8.78 Å². The molecule has 1 aromatic carbocycles. The van der Waals surface area contributed by atoms with Gasteiger partial charge in [0.25, 0.3) is 0 Å². The van der Waals surface area contributed by atoms with Gasteiger partial charge >= 0.3 is 0 Å². The molecular formula is C13H18ClF2N. The number of halogens is 3. The fraction of sp³-hybridized carbons (Fsp3) is 0.538. The first-order chi connectivity index (χ1) is 8.06. The molecule has 96 valence electrons. The summed E-state index contributed by atoms with van der Waals surface area (Å²) < 4.78 is 26.7. The van der Waals surface area contributed by atoms with Crippen molar-refractivity contribution in [2.24, 2.45) is 5.73 Å². The predicted molar refractivity (Wildman–Crippen MR) is 67.1 cm³/mol. The van der Waals surface area contributed by atoms with Crippen LogP contribution in [0, 0.1) is 11.6 Å². The van der Waals surface area contributed by atoms with E-state index < -0.39 is 17.7 Å². The zero-order chi connectivity index (χ0) is 12.8. The molecule has 0 aliphatic heterocycles. The maximum atomic E-state index is 13.5. The largest absolute Gasteiger partial charge is 0.324 e. The van der Waals surface area contributed by atoms with E-state index in [-0.39, 0.29) is 10.6 Å². The zero-order valence-electron chi connectivity index (χ0n) is 9.98. The van der Waals surface area contributed by atoms with Gasteiger partial charge in [0.15, 0.2) is 0 Å². The summed E-state index contributed by atoms with van der Waals surface area (Å²) in [6.45, 7) is 2.12. The summed E-state index contributed by atoms with van der Waals surface area (Å²) in [6, 6.07) is 1.62. The van der Waals surface area contributed by atoms with Gasteiger partial charge in [0, 0.05) is 11.6 Å². The van der Waals surface area contributed by atoms with Gasteiger partial charge < -0.3 is 5.73 Å². The molecule has 1 unspecified atom stereocenters. The monoisotopic (exact) mass is 261 g/mol. The third-order valence-electron chi connectivity index (χ3n) is 2.81. The van der Waals surface area contributed by atoms with Gasteiger partial charge in [-0.05, 0) is 18.6 Å². The molecule has 1 rings (SSSR count). The van der Waals surface area contributed by atoms with E-state index in [4.69, 9.17) is 17.3 Å².